The number of hydrogen-bond acceptors (Lipinski definition) is 4. The van der Waals surface area contributed by atoms with Crippen LogP contribution in [0.5, 0.6) is 0 Å². The van der Waals surface area contributed by atoms with Gasteiger partial charge in [0.15, 0.2) is 0 Å². The average Bonchev–Trinajstić information content (AvgIpc) is 2.52. The molecule has 0 amide bonds. The molecule has 0 radical (unpaired) electrons. The van der Waals surface area contributed by atoms with Crippen molar-refractivity contribution in [3.8, 4) is 0 Å². The Balaban J connectivity index is 1.84. The molecule has 0 fully saturated rings. The smallest absolute Gasteiger partial charge is 0.132 e. The summed E-state index contributed by atoms with van der Waals surface area (Å²) in [5.41, 5.74) is 1.38. The Kier molecular flexibility index (Phi) is 5.35. The van der Waals surface area contributed by atoms with Gasteiger partial charge in [0.05, 0.1) is 0 Å². The maximum absolute atomic E-state index is 4.48. The molecule has 0 saturated heterocycles. The van der Waals surface area contributed by atoms with Gasteiger partial charge < -0.3 is 10.6 Å². The number of rotatable bonds is 7. The molecule has 4 nitrogen and oxygen atoms in total. The van der Waals surface area contributed by atoms with E-state index in [0.29, 0.717) is 0 Å². The summed E-state index contributed by atoms with van der Waals surface area (Å²) in [5, 5.41) is 6.44. The minimum atomic E-state index is 0.841. The third kappa shape index (κ3) is 4.23. The second-order valence-electron chi connectivity index (χ2n) is 4.67. The van der Waals surface area contributed by atoms with Crippen LogP contribution in [0.4, 0.5) is 11.6 Å². The van der Waals surface area contributed by atoms with Crippen molar-refractivity contribution >= 4 is 11.6 Å². The van der Waals surface area contributed by atoms with E-state index in [1.165, 1.54) is 5.56 Å². The van der Waals surface area contributed by atoms with Crippen molar-refractivity contribution in [1.82, 2.24) is 9.97 Å². The molecule has 2 rings (SSSR count). The zero-order valence-corrected chi connectivity index (χ0v) is 12.2. The minimum Gasteiger partial charge on any atom is -0.373 e. The third-order valence-corrected chi connectivity index (χ3v) is 3.14. The number of anilines is 2. The van der Waals surface area contributed by atoms with Crippen molar-refractivity contribution in [2.45, 2.75) is 26.2 Å². The monoisotopic (exact) mass is 270 g/mol. The maximum Gasteiger partial charge on any atom is 0.132 e. The molecule has 0 aliphatic rings. The van der Waals surface area contributed by atoms with Gasteiger partial charge in [0.2, 0.25) is 0 Å². The van der Waals surface area contributed by atoms with Crippen LogP contribution in [0.3, 0.4) is 0 Å². The molecule has 1 aromatic carbocycles. The Hall–Kier alpha value is -2.10. The quantitative estimate of drug-likeness (QED) is 0.759. The standard InChI is InChI=1S/C16H22N4/c1-3-14-19-15(17-2)12-16(20-14)18-11-7-10-13-8-5-4-6-9-13/h4-6,8-9,12H,3,7,10-11H2,1-2H3,(H2,17,18,19,20). The molecule has 0 saturated carbocycles. The van der Waals surface area contributed by atoms with Gasteiger partial charge in [-0.15, -0.1) is 0 Å². The number of nitrogens with zero attached hydrogens (tertiary/aromatic N) is 2. The van der Waals surface area contributed by atoms with Crippen molar-refractivity contribution in [2.24, 2.45) is 0 Å². The van der Waals surface area contributed by atoms with Crippen LogP contribution in [0.1, 0.15) is 24.7 Å². The minimum absolute atomic E-state index is 0.841. The van der Waals surface area contributed by atoms with Crippen molar-refractivity contribution in [3.05, 3.63) is 47.8 Å². The molecule has 2 aromatic rings. The first-order chi connectivity index (χ1) is 9.81. The topological polar surface area (TPSA) is 49.8 Å². The lowest BCUT2D eigenvalue weighted by atomic mass is 10.1. The molecule has 0 bridgehead atoms. The fourth-order valence-electron chi connectivity index (χ4n) is 2.03. The molecule has 0 unspecified atom stereocenters. The Morgan fingerprint density at radius 1 is 1.05 bits per heavy atom. The molecule has 0 aliphatic carbocycles. The molecule has 106 valence electrons. The summed E-state index contributed by atoms with van der Waals surface area (Å²) in [6.45, 7) is 2.98. The predicted octanol–water partition coefficient (Wildman–Crippen LogP) is 3.13. The van der Waals surface area contributed by atoms with Crippen molar-refractivity contribution in [3.63, 3.8) is 0 Å². The first kappa shape index (κ1) is 14.3. The molecule has 20 heavy (non-hydrogen) atoms. The Labute approximate surface area is 120 Å². The highest BCUT2D eigenvalue weighted by Gasteiger charge is 2.01. The number of benzene rings is 1. The summed E-state index contributed by atoms with van der Waals surface area (Å²) < 4.78 is 0. The van der Waals surface area contributed by atoms with Crippen LogP contribution >= 0.6 is 0 Å². The lowest BCUT2D eigenvalue weighted by Gasteiger charge is -2.09. The van der Waals surface area contributed by atoms with Gasteiger partial charge in [0, 0.05) is 26.1 Å². The summed E-state index contributed by atoms with van der Waals surface area (Å²) >= 11 is 0. The summed E-state index contributed by atoms with van der Waals surface area (Å²) in [6.07, 6.45) is 3.01. The van der Waals surface area contributed by atoms with E-state index in [4.69, 9.17) is 0 Å². The van der Waals surface area contributed by atoms with Gasteiger partial charge in [0.1, 0.15) is 17.5 Å². The highest BCUT2D eigenvalue weighted by Crippen LogP contribution is 2.11. The first-order valence-corrected chi connectivity index (χ1v) is 7.15. The Bertz CT molecular complexity index is 503. The zero-order valence-electron chi connectivity index (χ0n) is 12.2. The highest BCUT2D eigenvalue weighted by atomic mass is 15.1. The maximum atomic E-state index is 4.48. The van der Waals surface area contributed by atoms with E-state index in [2.05, 4.69) is 51.8 Å². The van der Waals surface area contributed by atoms with Gasteiger partial charge in [0.25, 0.3) is 0 Å². The molecule has 0 atom stereocenters. The fourth-order valence-corrected chi connectivity index (χ4v) is 2.03. The molecular weight excluding hydrogens is 248 g/mol. The largest absolute Gasteiger partial charge is 0.373 e. The molecule has 2 N–H and O–H groups in total. The van der Waals surface area contributed by atoms with E-state index in [9.17, 15) is 0 Å². The molecule has 1 heterocycles. The van der Waals surface area contributed by atoms with E-state index >= 15 is 0 Å². The van der Waals surface area contributed by atoms with Crippen LogP contribution in [0.15, 0.2) is 36.4 Å². The van der Waals surface area contributed by atoms with Gasteiger partial charge in [-0.05, 0) is 18.4 Å². The van der Waals surface area contributed by atoms with Crippen molar-refractivity contribution in [2.75, 3.05) is 24.2 Å². The number of aryl methyl sites for hydroxylation is 2. The molecule has 0 spiro atoms. The van der Waals surface area contributed by atoms with E-state index in [1.807, 2.05) is 19.2 Å². The second kappa shape index (κ2) is 7.48. The summed E-state index contributed by atoms with van der Waals surface area (Å²) in [7, 11) is 1.88. The van der Waals surface area contributed by atoms with Crippen molar-refractivity contribution < 1.29 is 0 Å². The van der Waals surface area contributed by atoms with Crippen LogP contribution in [-0.4, -0.2) is 23.6 Å². The van der Waals surface area contributed by atoms with E-state index < -0.39 is 0 Å². The van der Waals surface area contributed by atoms with Crippen molar-refractivity contribution in [1.29, 1.82) is 0 Å². The summed E-state index contributed by atoms with van der Waals surface area (Å²) in [4.78, 5) is 8.87. The highest BCUT2D eigenvalue weighted by molar-refractivity contribution is 5.47. The molecule has 0 aliphatic heterocycles. The van der Waals surface area contributed by atoms with Gasteiger partial charge in [-0.25, -0.2) is 9.97 Å². The van der Waals surface area contributed by atoms with Crippen LogP contribution in [0, 0.1) is 0 Å². The Morgan fingerprint density at radius 2 is 1.80 bits per heavy atom. The summed E-state index contributed by atoms with van der Waals surface area (Å²) in [5.74, 6) is 2.62. The molecule has 1 aromatic heterocycles. The average molecular weight is 270 g/mol. The Morgan fingerprint density at radius 3 is 2.50 bits per heavy atom. The lowest BCUT2D eigenvalue weighted by molar-refractivity contribution is 0.852. The van der Waals surface area contributed by atoms with Gasteiger partial charge >= 0.3 is 0 Å². The third-order valence-electron chi connectivity index (χ3n) is 3.14. The van der Waals surface area contributed by atoms with Crippen LogP contribution < -0.4 is 10.6 Å². The van der Waals surface area contributed by atoms with Gasteiger partial charge in [-0.2, -0.15) is 0 Å². The lowest BCUT2D eigenvalue weighted by Crippen LogP contribution is -2.08. The van der Waals surface area contributed by atoms with Gasteiger partial charge in [-0.1, -0.05) is 37.3 Å². The molecule has 4 heteroatoms. The van der Waals surface area contributed by atoms with E-state index in [0.717, 1.165) is 43.3 Å². The predicted molar refractivity (Wildman–Crippen MR) is 84.2 cm³/mol. The first-order valence-electron chi connectivity index (χ1n) is 7.15. The fraction of sp³-hybridized carbons (Fsp3) is 0.375. The number of hydrogen-bond donors (Lipinski definition) is 2. The normalized spacial score (nSPS) is 10.3. The van der Waals surface area contributed by atoms with Crippen LogP contribution in [0.25, 0.3) is 0 Å². The number of nitrogens with one attached hydrogen (secondary N) is 2. The zero-order chi connectivity index (χ0) is 14.2. The van der Waals surface area contributed by atoms with E-state index in [-0.39, 0.29) is 0 Å². The summed E-state index contributed by atoms with van der Waals surface area (Å²) in [6, 6.07) is 12.5. The van der Waals surface area contributed by atoms with Crippen LogP contribution in [0.2, 0.25) is 0 Å². The SMILES string of the molecule is CCc1nc(NC)cc(NCCCc2ccccc2)n1. The molecular formula is C16H22N4. The number of aromatic nitrogens is 2. The van der Waals surface area contributed by atoms with Crippen LogP contribution in [-0.2, 0) is 12.8 Å². The van der Waals surface area contributed by atoms with Gasteiger partial charge in [-0.3, -0.25) is 0 Å². The second-order valence-corrected chi connectivity index (χ2v) is 4.67. The van der Waals surface area contributed by atoms with E-state index in [1.54, 1.807) is 0 Å².